The number of rotatable bonds is 8. The largest absolute Gasteiger partial charge is 0.491 e. The first kappa shape index (κ1) is 25.1. The van der Waals surface area contributed by atoms with E-state index < -0.39 is 5.97 Å². The summed E-state index contributed by atoms with van der Waals surface area (Å²) < 4.78 is 22.0. The zero-order valence-corrected chi connectivity index (χ0v) is 21.2. The fourth-order valence-electron chi connectivity index (χ4n) is 4.32. The minimum atomic E-state index is -0.528. The first-order valence-electron chi connectivity index (χ1n) is 12.2. The Morgan fingerprint density at radius 3 is 2.43 bits per heavy atom. The van der Waals surface area contributed by atoms with Crippen LogP contribution in [0.1, 0.15) is 29.6 Å². The molecule has 2 aromatic heterocycles. The number of benzene rings is 2. The fourth-order valence-corrected chi connectivity index (χ4v) is 4.65. The van der Waals surface area contributed by atoms with E-state index in [0.29, 0.717) is 29.8 Å². The van der Waals surface area contributed by atoms with Crippen molar-refractivity contribution in [1.29, 1.82) is 0 Å². The Balaban J connectivity index is 1.28. The Morgan fingerprint density at radius 1 is 1.00 bits per heavy atom. The van der Waals surface area contributed by atoms with Gasteiger partial charge < -0.3 is 18.9 Å². The van der Waals surface area contributed by atoms with Crippen molar-refractivity contribution in [3.8, 4) is 28.1 Å². The van der Waals surface area contributed by atoms with Crippen LogP contribution in [0.15, 0.2) is 67.0 Å². The summed E-state index contributed by atoms with van der Waals surface area (Å²) in [6.07, 6.45) is 6.29. The number of pyridine rings is 2. The van der Waals surface area contributed by atoms with Crippen molar-refractivity contribution in [2.24, 2.45) is 0 Å². The monoisotopic (exact) mass is 518 g/mol. The van der Waals surface area contributed by atoms with Gasteiger partial charge in [-0.15, -0.1) is 0 Å². The Kier molecular flexibility index (Phi) is 7.94. The molecule has 0 bridgehead atoms. The number of hydrogen-bond acceptors (Lipinski definition) is 7. The molecule has 1 fully saturated rings. The number of fused-ring (bicyclic) bond motifs is 1. The van der Waals surface area contributed by atoms with E-state index in [1.807, 2.05) is 48.5 Å². The molecule has 1 aliphatic rings. The number of methoxy groups -OCH3 is 1. The van der Waals surface area contributed by atoms with Crippen LogP contribution in [0.4, 0.5) is 0 Å². The summed E-state index contributed by atoms with van der Waals surface area (Å²) in [6, 6.07) is 17.5. The molecule has 3 heterocycles. The van der Waals surface area contributed by atoms with Crippen LogP contribution in [0.25, 0.3) is 33.3 Å². The highest BCUT2D eigenvalue weighted by Crippen LogP contribution is 2.35. The summed E-state index contributed by atoms with van der Waals surface area (Å²) in [7, 11) is 1.33. The Bertz CT molecular complexity index is 1370. The third kappa shape index (κ3) is 5.74. The van der Waals surface area contributed by atoms with Crippen molar-refractivity contribution < 1.29 is 23.7 Å². The van der Waals surface area contributed by atoms with Crippen LogP contribution in [-0.4, -0.2) is 49.2 Å². The molecule has 0 spiro atoms. The molecule has 0 radical (unpaired) electrons. The second-order valence-corrected chi connectivity index (χ2v) is 9.03. The van der Waals surface area contributed by atoms with Gasteiger partial charge in [0.05, 0.1) is 35.5 Å². The van der Waals surface area contributed by atoms with E-state index in [9.17, 15) is 4.79 Å². The van der Waals surface area contributed by atoms with Gasteiger partial charge in [0.25, 0.3) is 0 Å². The molecule has 4 aromatic rings. The summed E-state index contributed by atoms with van der Waals surface area (Å²) in [5.74, 6) is 0.255. The van der Waals surface area contributed by atoms with Crippen molar-refractivity contribution in [3.63, 3.8) is 0 Å². The normalized spacial score (nSPS) is 15.5. The van der Waals surface area contributed by atoms with Gasteiger partial charge in [0.1, 0.15) is 12.4 Å². The van der Waals surface area contributed by atoms with Gasteiger partial charge in [-0.3, -0.25) is 4.98 Å². The Labute approximate surface area is 220 Å². The average molecular weight is 519 g/mol. The van der Waals surface area contributed by atoms with E-state index in [1.54, 1.807) is 18.5 Å². The van der Waals surface area contributed by atoms with Crippen molar-refractivity contribution in [2.75, 3.05) is 26.9 Å². The number of nitrogens with zero attached hydrogens (tertiary/aromatic N) is 2. The third-order valence-corrected chi connectivity index (χ3v) is 6.62. The number of halogens is 1. The quantitative estimate of drug-likeness (QED) is 0.199. The first-order valence-corrected chi connectivity index (χ1v) is 12.6. The van der Waals surface area contributed by atoms with E-state index in [0.717, 1.165) is 48.3 Å². The van der Waals surface area contributed by atoms with Gasteiger partial charge in [-0.2, -0.15) is 0 Å². The van der Waals surface area contributed by atoms with Crippen molar-refractivity contribution in [3.05, 3.63) is 77.6 Å². The van der Waals surface area contributed by atoms with Crippen LogP contribution in [0, 0.1) is 0 Å². The maximum absolute atomic E-state index is 12.5. The molecule has 1 atom stereocenters. The Hall–Kier alpha value is -3.52. The SMILES string of the molecule is COC(=O)c1c(Cl)c(-c2ccc(-c3ccc(OCCOC4CCCCO4)cc3)cc2)nc2ccncc12. The predicted molar refractivity (Wildman–Crippen MR) is 142 cm³/mol. The number of carbonyl (C=O) groups excluding carboxylic acids is 1. The van der Waals surface area contributed by atoms with Gasteiger partial charge >= 0.3 is 5.97 Å². The topological polar surface area (TPSA) is 79.8 Å². The van der Waals surface area contributed by atoms with Crippen LogP contribution < -0.4 is 4.74 Å². The third-order valence-electron chi connectivity index (χ3n) is 6.26. The molecule has 8 heteroatoms. The molecule has 190 valence electrons. The van der Waals surface area contributed by atoms with Crippen molar-refractivity contribution in [1.82, 2.24) is 9.97 Å². The molecule has 1 aliphatic heterocycles. The summed E-state index contributed by atoms with van der Waals surface area (Å²) in [4.78, 5) is 21.3. The Morgan fingerprint density at radius 2 is 1.73 bits per heavy atom. The molecule has 0 N–H and O–H groups in total. The molecule has 0 aliphatic carbocycles. The summed E-state index contributed by atoms with van der Waals surface area (Å²) in [5, 5.41) is 0.788. The maximum atomic E-state index is 12.5. The second-order valence-electron chi connectivity index (χ2n) is 8.65. The van der Waals surface area contributed by atoms with E-state index >= 15 is 0 Å². The highest BCUT2D eigenvalue weighted by Gasteiger charge is 2.21. The van der Waals surface area contributed by atoms with Crippen LogP contribution in [0.3, 0.4) is 0 Å². The molecular formula is C29H27ClN2O5. The fraction of sp³-hybridized carbons (Fsp3) is 0.276. The molecule has 1 saturated heterocycles. The first-order chi connectivity index (χ1) is 18.1. The molecule has 2 aromatic carbocycles. The highest BCUT2D eigenvalue weighted by molar-refractivity contribution is 6.37. The molecule has 7 nitrogen and oxygen atoms in total. The van der Waals surface area contributed by atoms with Gasteiger partial charge in [-0.05, 0) is 48.6 Å². The molecule has 0 amide bonds. The minimum absolute atomic E-state index is 0.105. The van der Waals surface area contributed by atoms with Crippen LogP contribution >= 0.6 is 11.6 Å². The maximum Gasteiger partial charge on any atom is 0.340 e. The van der Waals surface area contributed by atoms with Crippen molar-refractivity contribution in [2.45, 2.75) is 25.6 Å². The molecule has 37 heavy (non-hydrogen) atoms. The van der Waals surface area contributed by atoms with Gasteiger partial charge in [0.15, 0.2) is 6.29 Å². The average Bonchev–Trinajstić information content (AvgIpc) is 2.96. The van der Waals surface area contributed by atoms with Gasteiger partial charge in [0, 0.05) is 30.0 Å². The summed E-state index contributed by atoms with van der Waals surface area (Å²) in [5.41, 5.74) is 4.25. The van der Waals surface area contributed by atoms with E-state index in [-0.39, 0.29) is 16.9 Å². The zero-order chi connectivity index (χ0) is 25.6. The lowest BCUT2D eigenvalue weighted by atomic mass is 10.0. The van der Waals surface area contributed by atoms with Gasteiger partial charge in [-0.25, -0.2) is 9.78 Å². The number of hydrogen-bond donors (Lipinski definition) is 0. The van der Waals surface area contributed by atoms with E-state index in [2.05, 4.69) is 9.97 Å². The lowest BCUT2D eigenvalue weighted by Gasteiger charge is -2.22. The van der Waals surface area contributed by atoms with Gasteiger partial charge in [-0.1, -0.05) is 48.0 Å². The number of carbonyl (C=O) groups is 1. The highest BCUT2D eigenvalue weighted by atomic mass is 35.5. The number of ether oxygens (including phenoxy) is 4. The van der Waals surface area contributed by atoms with E-state index in [4.69, 9.17) is 30.5 Å². The molecule has 1 unspecified atom stereocenters. The number of aromatic nitrogens is 2. The van der Waals surface area contributed by atoms with E-state index in [1.165, 1.54) is 7.11 Å². The number of esters is 1. The van der Waals surface area contributed by atoms with Crippen LogP contribution in [0.5, 0.6) is 5.75 Å². The second kappa shape index (κ2) is 11.7. The van der Waals surface area contributed by atoms with Crippen LogP contribution in [-0.2, 0) is 14.2 Å². The minimum Gasteiger partial charge on any atom is -0.491 e. The van der Waals surface area contributed by atoms with Crippen molar-refractivity contribution >= 4 is 28.5 Å². The molecular weight excluding hydrogens is 492 g/mol. The summed E-state index contributed by atoms with van der Waals surface area (Å²) >= 11 is 6.65. The lowest BCUT2D eigenvalue weighted by molar-refractivity contribution is -0.165. The summed E-state index contributed by atoms with van der Waals surface area (Å²) in [6.45, 7) is 1.73. The van der Waals surface area contributed by atoms with Crippen LogP contribution in [0.2, 0.25) is 5.02 Å². The zero-order valence-electron chi connectivity index (χ0n) is 20.5. The molecule has 5 rings (SSSR count). The lowest BCUT2D eigenvalue weighted by Crippen LogP contribution is -2.24. The smallest absolute Gasteiger partial charge is 0.340 e. The van der Waals surface area contributed by atoms with Gasteiger partial charge in [0.2, 0.25) is 0 Å². The standard InChI is InChI=1S/C29H27ClN2O5/c1-34-29(33)26-23-18-31-14-13-24(23)32-28(27(26)30)21-7-5-19(6-8-21)20-9-11-22(12-10-20)35-16-17-37-25-4-2-3-15-36-25/h5-14,18,25H,2-4,15-17H2,1H3. The molecule has 0 saturated carbocycles. The predicted octanol–water partition coefficient (Wildman–Crippen LogP) is 6.33.